The van der Waals surface area contributed by atoms with E-state index in [0.717, 1.165) is 4.47 Å². The van der Waals surface area contributed by atoms with Gasteiger partial charge >= 0.3 is 5.97 Å². The van der Waals surface area contributed by atoms with Gasteiger partial charge in [0.2, 0.25) is 5.91 Å². The Hall–Kier alpha value is -2.71. The standard InChI is InChI=1S/C18H13BrClN3O4/c1-27-18(26)12-7-11(3-4-14(12)20)22-16(24)8-23-9-21-15-5-2-10(19)6-13(15)17(23)25/h2-7,9H,8H2,1H3,(H,22,24). The van der Waals surface area contributed by atoms with Crippen molar-refractivity contribution < 1.29 is 14.3 Å². The Balaban J connectivity index is 1.82. The predicted octanol–water partition coefficient (Wildman–Crippen LogP) is 3.24. The van der Waals surface area contributed by atoms with Gasteiger partial charge in [-0.05, 0) is 36.4 Å². The minimum absolute atomic E-state index is 0.131. The van der Waals surface area contributed by atoms with E-state index in [-0.39, 0.29) is 22.7 Å². The van der Waals surface area contributed by atoms with E-state index < -0.39 is 11.9 Å². The Kier molecular flexibility index (Phi) is 5.57. The van der Waals surface area contributed by atoms with E-state index in [1.54, 1.807) is 24.3 Å². The molecular weight excluding hydrogens is 438 g/mol. The summed E-state index contributed by atoms with van der Waals surface area (Å²) in [7, 11) is 1.24. The lowest BCUT2D eigenvalue weighted by Gasteiger charge is -2.10. The molecule has 1 amide bonds. The molecule has 0 aliphatic carbocycles. The maximum absolute atomic E-state index is 12.5. The number of aromatic nitrogens is 2. The summed E-state index contributed by atoms with van der Waals surface area (Å²) in [6.07, 6.45) is 1.32. The van der Waals surface area contributed by atoms with Crippen LogP contribution in [0.15, 0.2) is 52.0 Å². The molecule has 1 heterocycles. The van der Waals surface area contributed by atoms with Crippen molar-refractivity contribution >= 4 is 56.0 Å². The van der Waals surface area contributed by atoms with Crippen molar-refractivity contribution in [3.8, 4) is 0 Å². The average molecular weight is 451 g/mol. The van der Waals surface area contributed by atoms with Crippen LogP contribution in [-0.2, 0) is 16.1 Å². The molecule has 0 atom stereocenters. The number of amides is 1. The van der Waals surface area contributed by atoms with Crippen LogP contribution in [-0.4, -0.2) is 28.5 Å². The van der Waals surface area contributed by atoms with Gasteiger partial charge in [-0.1, -0.05) is 27.5 Å². The minimum atomic E-state index is -0.614. The molecule has 0 spiro atoms. The van der Waals surface area contributed by atoms with Gasteiger partial charge in [0.25, 0.3) is 5.56 Å². The highest BCUT2D eigenvalue weighted by Crippen LogP contribution is 2.21. The van der Waals surface area contributed by atoms with Crippen LogP contribution < -0.4 is 10.9 Å². The zero-order chi connectivity index (χ0) is 19.6. The Morgan fingerprint density at radius 1 is 1.26 bits per heavy atom. The molecule has 0 radical (unpaired) electrons. The summed E-state index contributed by atoms with van der Waals surface area (Å²) in [5.41, 5.74) is 0.698. The SMILES string of the molecule is COC(=O)c1cc(NC(=O)Cn2cnc3ccc(Br)cc3c2=O)ccc1Cl. The number of esters is 1. The van der Waals surface area contributed by atoms with Crippen LogP contribution in [0.1, 0.15) is 10.4 Å². The fraction of sp³-hybridized carbons (Fsp3) is 0.111. The van der Waals surface area contributed by atoms with Gasteiger partial charge in [-0.2, -0.15) is 0 Å². The highest BCUT2D eigenvalue weighted by atomic mass is 79.9. The van der Waals surface area contributed by atoms with Crippen molar-refractivity contribution in [1.29, 1.82) is 0 Å². The number of nitrogens with zero attached hydrogens (tertiary/aromatic N) is 2. The molecule has 0 unspecified atom stereocenters. The van der Waals surface area contributed by atoms with Gasteiger partial charge in [-0.25, -0.2) is 9.78 Å². The number of fused-ring (bicyclic) bond motifs is 1. The van der Waals surface area contributed by atoms with Crippen molar-refractivity contribution in [3.05, 3.63) is 68.1 Å². The molecule has 0 bridgehead atoms. The number of hydrogen-bond donors (Lipinski definition) is 1. The Morgan fingerprint density at radius 3 is 2.78 bits per heavy atom. The number of anilines is 1. The summed E-state index contributed by atoms with van der Waals surface area (Å²) < 4.78 is 6.60. The van der Waals surface area contributed by atoms with Gasteiger partial charge in [-0.15, -0.1) is 0 Å². The third-order valence-corrected chi connectivity index (χ3v) is 4.58. The van der Waals surface area contributed by atoms with E-state index in [0.29, 0.717) is 16.6 Å². The number of carbonyl (C=O) groups excluding carboxylic acids is 2. The molecule has 1 aromatic heterocycles. The summed E-state index contributed by atoms with van der Waals surface area (Å²) in [6, 6.07) is 9.58. The van der Waals surface area contributed by atoms with Gasteiger partial charge in [-0.3, -0.25) is 14.2 Å². The first-order chi connectivity index (χ1) is 12.9. The van der Waals surface area contributed by atoms with Crippen LogP contribution in [0.2, 0.25) is 5.02 Å². The van der Waals surface area contributed by atoms with Gasteiger partial charge in [0.15, 0.2) is 0 Å². The van der Waals surface area contributed by atoms with E-state index in [4.69, 9.17) is 11.6 Å². The number of halogens is 2. The first-order valence-corrected chi connectivity index (χ1v) is 8.88. The molecule has 7 nitrogen and oxygen atoms in total. The summed E-state index contributed by atoms with van der Waals surface area (Å²) in [6.45, 7) is -0.232. The lowest BCUT2D eigenvalue weighted by Crippen LogP contribution is -2.28. The van der Waals surface area contributed by atoms with Crippen LogP contribution in [0.4, 0.5) is 5.69 Å². The van der Waals surface area contributed by atoms with Gasteiger partial charge < -0.3 is 10.1 Å². The Labute approximate surface area is 167 Å². The summed E-state index contributed by atoms with van der Waals surface area (Å²) in [5.74, 6) is -1.07. The van der Waals surface area contributed by atoms with E-state index in [1.165, 1.54) is 30.1 Å². The van der Waals surface area contributed by atoms with Crippen LogP contribution in [0, 0.1) is 0 Å². The lowest BCUT2D eigenvalue weighted by atomic mass is 10.2. The number of benzene rings is 2. The lowest BCUT2D eigenvalue weighted by molar-refractivity contribution is -0.116. The second-order valence-electron chi connectivity index (χ2n) is 5.57. The van der Waals surface area contributed by atoms with Crippen molar-refractivity contribution in [2.45, 2.75) is 6.54 Å². The van der Waals surface area contributed by atoms with Crippen LogP contribution in [0.3, 0.4) is 0 Å². The second kappa shape index (κ2) is 7.89. The monoisotopic (exact) mass is 449 g/mol. The van der Waals surface area contributed by atoms with E-state index >= 15 is 0 Å². The molecule has 9 heteroatoms. The van der Waals surface area contributed by atoms with Gasteiger partial charge in [0.05, 0.1) is 34.9 Å². The number of rotatable bonds is 4. The fourth-order valence-corrected chi connectivity index (χ4v) is 3.02. The third-order valence-electron chi connectivity index (χ3n) is 3.76. The number of nitrogens with one attached hydrogen (secondary N) is 1. The van der Waals surface area contributed by atoms with E-state index in [9.17, 15) is 14.4 Å². The average Bonchev–Trinajstić information content (AvgIpc) is 2.65. The first kappa shape index (κ1) is 19.1. The van der Waals surface area contributed by atoms with Gasteiger partial charge in [0, 0.05) is 10.2 Å². The van der Waals surface area contributed by atoms with Crippen molar-refractivity contribution in [2.75, 3.05) is 12.4 Å². The predicted molar refractivity (Wildman–Crippen MR) is 105 cm³/mol. The molecule has 3 aromatic rings. The molecular formula is C18H13BrClN3O4. The Morgan fingerprint density at radius 2 is 2.04 bits per heavy atom. The van der Waals surface area contributed by atoms with Gasteiger partial charge in [0.1, 0.15) is 6.54 Å². The molecule has 0 aliphatic heterocycles. The largest absolute Gasteiger partial charge is 0.465 e. The van der Waals surface area contributed by atoms with Crippen molar-refractivity contribution in [3.63, 3.8) is 0 Å². The molecule has 0 fully saturated rings. The highest BCUT2D eigenvalue weighted by Gasteiger charge is 2.13. The molecule has 3 rings (SSSR count). The van der Waals surface area contributed by atoms with Crippen molar-refractivity contribution in [2.24, 2.45) is 0 Å². The fourth-order valence-electron chi connectivity index (χ4n) is 2.47. The summed E-state index contributed by atoms with van der Waals surface area (Å²) >= 11 is 9.27. The normalized spacial score (nSPS) is 10.6. The molecule has 2 aromatic carbocycles. The molecule has 0 saturated heterocycles. The van der Waals surface area contributed by atoms with Crippen LogP contribution >= 0.6 is 27.5 Å². The Bertz CT molecular complexity index is 1110. The van der Waals surface area contributed by atoms with E-state index in [1.807, 2.05) is 0 Å². The number of hydrogen-bond acceptors (Lipinski definition) is 5. The quantitative estimate of drug-likeness (QED) is 0.616. The molecule has 138 valence electrons. The summed E-state index contributed by atoms with van der Waals surface area (Å²) in [5, 5.41) is 3.23. The van der Waals surface area contributed by atoms with E-state index in [2.05, 4.69) is 31.0 Å². The highest BCUT2D eigenvalue weighted by molar-refractivity contribution is 9.10. The second-order valence-corrected chi connectivity index (χ2v) is 6.90. The molecule has 0 saturated carbocycles. The molecule has 27 heavy (non-hydrogen) atoms. The zero-order valence-corrected chi connectivity index (χ0v) is 16.4. The van der Waals surface area contributed by atoms with Crippen LogP contribution in [0.5, 0.6) is 0 Å². The maximum Gasteiger partial charge on any atom is 0.339 e. The number of carbonyl (C=O) groups is 2. The third kappa shape index (κ3) is 4.17. The number of methoxy groups -OCH3 is 1. The molecule has 0 aliphatic rings. The molecule has 1 N–H and O–H groups in total. The van der Waals surface area contributed by atoms with Crippen LogP contribution in [0.25, 0.3) is 10.9 Å². The van der Waals surface area contributed by atoms with Crippen molar-refractivity contribution in [1.82, 2.24) is 9.55 Å². The number of ether oxygens (including phenoxy) is 1. The topological polar surface area (TPSA) is 90.3 Å². The zero-order valence-electron chi connectivity index (χ0n) is 14.0. The maximum atomic E-state index is 12.5. The first-order valence-electron chi connectivity index (χ1n) is 7.71. The summed E-state index contributed by atoms with van der Waals surface area (Å²) in [4.78, 5) is 40.7. The smallest absolute Gasteiger partial charge is 0.339 e. The minimum Gasteiger partial charge on any atom is -0.465 e.